The van der Waals surface area contributed by atoms with E-state index in [0.29, 0.717) is 17.8 Å². The molecule has 1 rings (SSSR count). The molecule has 0 aromatic carbocycles. The van der Waals surface area contributed by atoms with Crippen LogP contribution in [0.15, 0.2) is 24.4 Å². The van der Waals surface area contributed by atoms with E-state index in [1.54, 1.807) is 30.5 Å². The Morgan fingerprint density at radius 2 is 2.50 bits per heavy atom. The van der Waals surface area contributed by atoms with Crippen LogP contribution in [0.1, 0.15) is 11.3 Å². The second kappa shape index (κ2) is 4.27. The van der Waals surface area contributed by atoms with Crippen LogP contribution in [0.25, 0.3) is 6.08 Å². The largest absolute Gasteiger partial charge is 0.327 e. The minimum absolute atomic E-state index is 0.460. The maximum absolute atomic E-state index is 8.66. The van der Waals surface area contributed by atoms with Crippen molar-refractivity contribution in [2.24, 2.45) is 5.73 Å². The van der Waals surface area contributed by atoms with Crippen molar-refractivity contribution in [2.75, 3.05) is 6.54 Å². The summed E-state index contributed by atoms with van der Waals surface area (Å²) in [4.78, 5) is 4.02. The lowest BCUT2D eigenvalue weighted by molar-refractivity contribution is 1.24. The summed E-state index contributed by atoms with van der Waals surface area (Å²) in [5.41, 5.74) is 6.51. The van der Waals surface area contributed by atoms with Gasteiger partial charge in [0.25, 0.3) is 0 Å². The SMILES string of the molecule is N#Cc1cccnc1C=CCN. The number of hydrogen-bond acceptors (Lipinski definition) is 3. The Bertz CT molecular complexity index is 323. The molecule has 0 bridgehead atoms. The summed E-state index contributed by atoms with van der Waals surface area (Å²) in [6.45, 7) is 0.460. The molecule has 1 aromatic heterocycles. The summed E-state index contributed by atoms with van der Waals surface area (Å²) in [7, 11) is 0. The smallest absolute Gasteiger partial charge is 0.101 e. The Morgan fingerprint density at radius 3 is 3.17 bits per heavy atom. The van der Waals surface area contributed by atoms with Crippen molar-refractivity contribution in [3.05, 3.63) is 35.7 Å². The first-order chi connectivity index (χ1) is 5.88. The van der Waals surface area contributed by atoms with Crippen molar-refractivity contribution < 1.29 is 0 Å². The highest BCUT2D eigenvalue weighted by Crippen LogP contribution is 2.04. The van der Waals surface area contributed by atoms with Gasteiger partial charge in [-0.3, -0.25) is 4.98 Å². The summed E-state index contributed by atoms with van der Waals surface area (Å²) in [5.74, 6) is 0. The normalized spacial score (nSPS) is 10.0. The summed E-state index contributed by atoms with van der Waals surface area (Å²) >= 11 is 0. The number of nitrogens with zero attached hydrogens (tertiary/aromatic N) is 2. The first kappa shape index (κ1) is 8.44. The fourth-order valence-corrected chi connectivity index (χ4v) is 0.825. The van der Waals surface area contributed by atoms with E-state index in [9.17, 15) is 0 Å². The van der Waals surface area contributed by atoms with Crippen LogP contribution in [0.3, 0.4) is 0 Å². The van der Waals surface area contributed by atoms with Gasteiger partial charge >= 0.3 is 0 Å². The molecule has 0 aliphatic heterocycles. The fourth-order valence-electron chi connectivity index (χ4n) is 0.825. The zero-order chi connectivity index (χ0) is 8.81. The standard InChI is InChI=1S/C9H9N3/c10-5-1-4-9-8(7-11)3-2-6-12-9/h1-4,6H,5,10H2. The Hall–Kier alpha value is -1.66. The quantitative estimate of drug-likeness (QED) is 0.698. The van der Waals surface area contributed by atoms with Gasteiger partial charge in [-0.1, -0.05) is 6.08 Å². The van der Waals surface area contributed by atoms with E-state index in [4.69, 9.17) is 11.0 Å². The average molecular weight is 159 g/mol. The molecular weight excluding hydrogens is 150 g/mol. The first-order valence-electron chi connectivity index (χ1n) is 3.60. The number of rotatable bonds is 2. The third-order valence-corrected chi connectivity index (χ3v) is 1.37. The van der Waals surface area contributed by atoms with Gasteiger partial charge in [-0.25, -0.2) is 0 Å². The number of pyridine rings is 1. The van der Waals surface area contributed by atoms with Crippen LogP contribution in [0.4, 0.5) is 0 Å². The lowest BCUT2D eigenvalue weighted by atomic mass is 10.2. The minimum atomic E-state index is 0.460. The Labute approximate surface area is 71.2 Å². The highest BCUT2D eigenvalue weighted by atomic mass is 14.7. The van der Waals surface area contributed by atoms with Crippen LogP contribution < -0.4 is 5.73 Å². The molecule has 12 heavy (non-hydrogen) atoms. The van der Waals surface area contributed by atoms with E-state index >= 15 is 0 Å². The summed E-state index contributed by atoms with van der Waals surface area (Å²) < 4.78 is 0. The van der Waals surface area contributed by atoms with Gasteiger partial charge in [-0.05, 0) is 18.2 Å². The fraction of sp³-hybridized carbons (Fsp3) is 0.111. The van der Waals surface area contributed by atoms with Crippen molar-refractivity contribution in [1.82, 2.24) is 4.98 Å². The van der Waals surface area contributed by atoms with E-state index in [0.717, 1.165) is 0 Å². The lowest BCUT2D eigenvalue weighted by Crippen LogP contribution is -1.93. The van der Waals surface area contributed by atoms with Crippen molar-refractivity contribution in [2.45, 2.75) is 0 Å². The molecule has 60 valence electrons. The van der Waals surface area contributed by atoms with Crippen LogP contribution in [-0.4, -0.2) is 11.5 Å². The van der Waals surface area contributed by atoms with Crippen LogP contribution in [0.5, 0.6) is 0 Å². The maximum atomic E-state index is 8.66. The third-order valence-electron chi connectivity index (χ3n) is 1.37. The van der Waals surface area contributed by atoms with Gasteiger partial charge in [-0.15, -0.1) is 0 Å². The van der Waals surface area contributed by atoms with Gasteiger partial charge in [0.05, 0.1) is 11.3 Å². The highest BCUT2D eigenvalue weighted by molar-refractivity contribution is 5.53. The van der Waals surface area contributed by atoms with Gasteiger partial charge in [0.2, 0.25) is 0 Å². The van der Waals surface area contributed by atoms with Crippen molar-refractivity contribution in [3.63, 3.8) is 0 Å². The molecule has 0 aliphatic carbocycles. The predicted octanol–water partition coefficient (Wildman–Crippen LogP) is 0.925. The number of nitrogens with two attached hydrogens (primary N) is 1. The number of hydrogen-bond donors (Lipinski definition) is 1. The zero-order valence-electron chi connectivity index (χ0n) is 6.57. The van der Waals surface area contributed by atoms with Crippen molar-refractivity contribution in [1.29, 1.82) is 5.26 Å². The molecule has 0 amide bonds. The Kier molecular flexibility index (Phi) is 3.00. The van der Waals surface area contributed by atoms with Gasteiger partial charge in [0.1, 0.15) is 6.07 Å². The van der Waals surface area contributed by atoms with Gasteiger partial charge in [0.15, 0.2) is 0 Å². The molecule has 0 saturated heterocycles. The molecule has 2 N–H and O–H groups in total. The van der Waals surface area contributed by atoms with Crippen LogP contribution in [0.2, 0.25) is 0 Å². The second-order valence-corrected chi connectivity index (χ2v) is 2.19. The van der Waals surface area contributed by atoms with E-state index in [1.165, 1.54) is 0 Å². The third kappa shape index (κ3) is 1.91. The molecule has 0 saturated carbocycles. The van der Waals surface area contributed by atoms with E-state index in [-0.39, 0.29) is 0 Å². The van der Waals surface area contributed by atoms with Crippen molar-refractivity contribution in [3.8, 4) is 6.07 Å². The maximum Gasteiger partial charge on any atom is 0.101 e. The summed E-state index contributed by atoms with van der Waals surface area (Å²) in [5, 5.41) is 8.66. The molecule has 3 heteroatoms. The molecule has 0 radical (unpaired) electrons. The van der Waals surface area contributed by atoms with E-state index in [1.807, 2.05) is 6.07 Å². The molecule has 0 unspecified atom stereocenters. The Balaban J connectivity index is 2.99. The van der Waals surface area contributed by atoms with Gasteiger partial charge in [-0.2, -0.15) is 5.26 Å². The molecular formula is C9H9N3. The molecule has 1 aromatic rings. The van der Waals surface area contributed by atoms with Crippen molar-refractivity contribution >= 4 is 6.08 Å². The molecule has 3 nitrogen and oxygen atoms in total. The summed E-state index contributed by atoms with van der Waals surface area (Å²) in [6.07, 6.45) is 5.17. The monoisotopic (exact) mass is 159 g/mol. The molecule has 0 aliphatic rings. The first-order valence-corrected chi connectivity index (χ1v) is 3.60. The van der Waals surface area contributed by atoms with E-state index < -0.39 is 0 Å². The van der Waals surface area contributed by atoms with E-state index in [2.05, 4.69) is 4.98 Å². The molecule has 0 atom stereocenters. The van der Waals surface area contributed by atoms with Crippen LogP contribution >= 0.6 is 0 Å². The number of aromatic nitrogens is 1. The van der Waals surface area contributed by atoms with Crippen LogP contribution in [0, 0.1) is 11.3 Å². The van der Waals surface area contributed by atoms with Gasteiger partial charge in [0, 0.05) is 12.7 Å². The molecule has 0 spiro atoms. The minimum Gasteiger partial charge on any atom is -0.327 e. The topological polar surface area (TPSA) is 62.7 Å². The predicted molar refractivity (Wildman–Crippen MR) is 47.0 cm³/mol. The average Bonchev–Trinajstić information content (AvgIpc) is 2.15. The molecule has 1 heterocycles. The zero-order valence-corrected chi connectivity index (χ0v) is 6.57. The van der Waals surface area contributed by atoms with Gasteiger partial charge < -0.3 is 5.73 Å². The van der Waals surface area contributed by atoms with Crippen LogP contribution in [-0.2, 0) is 0 Å². The highest BCUT2D eigenvalue weighted by Gasteiger charge is 1.95. The Morgan fingerprint density at radius 1 is 1.67 bits per heavy atom. The summed E-state index contributed by atoms with van der Waals surface area (Å²) in [6, 6.07) is 5.51. The molecule has 0 fully saturated rings. The number of nitriles is 1. The second-order valence-electron chi connectivity index (χ2n) is 2.19. The lowest BCUT2D eigenvalue weighted by Gasteiger charge is -1.93.